The highest BCUT2D eigenvalue weighted by molar-refractivity contribution is 5.36. The molecule has 0 saturated heterocycles. The Hall–Kier alpha value is -1.10. The van der Waals surface area contributed by atoms with Crippen molar-refractivity contribution in [3.8, 4) is 5.75 Å². The van der Waals surface area contributed by atoms with E-state index in [1.54, 1.807) is 19.2 Å². The highest BCUT2D eigenvalue weighted by Crippen LogP contribution is 2.24. The molecule has 0 amide bonds. The first-order chi connectivity index (χ1) is 8.37. The second kappa shape index (κ2) is 6.18. The highest BCUT2D eigenvalue weighted by Gasteiger charge is 2.16. The lowest BCUT2D eigenvalue weighted by molar-refractivity contribution is 0.0957. The molecule has 1 atom stereocenters. The molecule has 0 aliphatic carbocycles. The van der Waals surface area contributed by atoms with E-state index in [0.29, 0.717) is 12.1 Å². The number of nitrogens with one attached hydrogen (secondary N) is 1. The topological polar surface area (TPSA) is 61.7 Å². The van der Waals surface area contributed by atoms with Gasteiger partial charge in [0, 0.05) is 24.8 Å². The van der Waals surface area contributed by atoms with Gasteiger partial charge in [0.15, 0.2) is 0 Å². The first kappa shape index (κ1) is 15.0. The third-order valence-corrected chi connectivity index (χ3v) is 2.75. The average Bonchev–Trinajstić information content (AvgIpc) is 2.30. The Balaban J connectivity index is 2.82. The summed E-state index contributed by atoms with van der Waals surface area (Å²) in [6.07, 6.45) is -0.102. The van der Waals surface area contributed by atoms with Crippen molar-refractivity contribution in [2.24, 2.45) is 0 Å². The number of aliphatic hydroxyl groups excluding tert-OH is 1. The number of hydrogen-bond donors (Lipinski definition) is 3. The summed E-state index contributed by atoms with van der Waals surface area (Å²) in [7, 11) is 1.65. The second-order valence-corrected chi connectivity index (χ2v) is 5.40. The van der Waals surface area contributed by atoms with Crippen molar-refractivity contribution in [3.63, 3.8) is 0 Å². The van der Waals surface area contributed by atoms with E-state index in [9.17, 15) is 5.11 Å². The standard InChI is InChI=1S/C14H23NO3/c1-14(2,3)15-8-13(18-4)10-5-6-12(17)11(7-10)9-16/h5-7,13,15-17H,8-9H2,1-4H3/t13-/m0/s1. The molecule has 0 radical (unpaired) electrons. The highest BCUT2D eigenvalue weighted by atomic mass is 16.5. The fourth-order valence-electron chi connectivity index (χ4n) is 1.67. The quantitative estimate of drug-likeness (QED) is 0.750. The molecule has 0 aliphatic rings. The summed E-state index contributed by atoms with van der Waals surface area (Å²) in [5.41, 5.74) is 1.48. The predicted octanol–water partition coefficient (Wildman–Crippen LogP) is 1.96. The molecule has 0 saturated carbocycles. The Bertz CT molecular complexity index is 385. The van der Waals surface area contributed by atoms with Gasteiger partial charge in [0.1, 0.15) is 5.75 Å². The number of rotatable bonds is 5. The zero-order valence-corrected chi connectivity index (χ0v) is 11.5. The molecular formula is C14H23NO3. The van der Waals surface area contributed by atoms with Crippen LogP contribution in [0.25, 0.3) is 0 Å². The lowest BCUT2D eigenvalue weighted by atomic mass is 10.0. The van der Waals surface area contributed by atoms with E-state index >= 15 is 0 Å². The number of hydrogen-bond acceptors (Lipinski definition) is 4. The molecule has 18 heavy (non-hydrogen) atoms. The van der Waals surface area contributed by atoms with Gasteiger partial charge in [0.2, 0.25) is 0 Å². The van der Waals surface area contributed by atoms with Crippen LogP contribution in [0.15, 0.2) is 18.2 Å². The summed E-state index contributed by atoms with van der Waals surface area (Å²) in [6.45, 7) is 6.78. The summed E-state index contributed by atoms with van der Waals surface area (Å²) in [4.78, 5) is 0. The van der Waals surface area contributed by atoms with Crippen LogP contribution < -0.4 is 5.32 Å². The lowest BCUT2D eigenvalue weighted by Crippen LogP contribution is -2.38. The number of ether oxygens (including phenoxy) is 1. The maximum absolute atomic E-state index is 9.53. The molecule has 1 aromatic rings. The van der Waals surface area contributed by atoms with Gasteiger partial charge in [0.25, 0.3) is 0 Å². The summed E-state index contributed by atoms with van der Waals surface area (Å²) >= 11 is 0. The van der Waals surface area contributed by atoms with Crippen molar-refractivity contribution in [3.05, 3.63) is 29.3 Å². The third kappa shape index (κ3) is 4.29. The van der Waals surface area contributed by atoms with Crippen LogP contribution in [0.5, 0.6) is 5.75 Å². The van der Waals surface area contributed by atoms with Gasteiger partial charge in [-0.15, -0.1) is 0 Å². The van der Waals surface area contributed by atoms with Gasteiger partial charge < -0.3 is 20.3 Å². The number of methoxy groups -OCH3 is 1. The van der Waals surface area contributed by atoms with Crippen LogP contribution in [0.2, 0.25) is 0 Å². The first-order valence-corrected chi connectivity index (χ1v) is 6.08. The van der Waals surface area contributed by atoms with Crippen LogP contribution in [0.4, 0.5) is 0 Å². The minimum Gasteiger partial charge on any atom is -0.508 e. The van der Waals surface area contributed by atoms with Crippen LogP contribution in [0.3, 0.4) is 0 Å². The Morgan fingerprint density at radius 2 is 2.00 bits per heavy atom. The molecule has 0 fully saturated rings. The van der Waals surface area contributed by atoms with Crippen LogP contribution in [0, 0.1) is 0 Å². The van der Waals surface area contributed by atoms with Crippen LogP contribution in [-0.4, -0.2) is 29.4 Å². The zero-order valence-electron chi connectivity index (χ0n) is 11.5. The molecule has 4 nitrogen and oxygen atoms in total. The molecule has 1 rings (SSSR count). The molecule has 3 N–H and O–H groups in total. The Kier molecular flexibility index (Phi) is 5.14. The molecule has 0 bridgehead atoms. The van der Waals surface area contributed by atoms with E-state index in [1.165, 1.54) is 0 Å². The number of aromatic hydroxyl groups is 1. The molecule has 0 heterocycles. The fourth-order valence-corrected chi connectivity index (χ4v) is 1.67. The van der Waals surface area contributed by atoms with Crippen LogP contribution in [0.1, 0.15) is 38.0 Å². The summed E-state index contributed by atoms with van der Waals surface area (Å²) in [5, 5.41) is 22.0. The maximum atomic E-state index is 9.53. The van der Waals surface area contributed by atoms with Crippen molar-refractivity contribution in [2.45, 2.75) is 39.0 Å². The van der Waals surface area contributed by atoms with E-state index in [0.717, 1.165) is 5.56 Å². The van der Waals surface area contributed by atoms with Gasteiger partial charge >= 0.3 is 0 Å². The van der Waals surface area contributed by atoms with Gasteiger partial charge in [-0.05, 0) is 38.5 Å². The summed E-state index contributed by atoms with van der Waals surface area (Å²) in [5.74, 6) is 0.111. The van der Waals surface area contributed by atoms with Gasteiger partial charge in [-0.2, -0.15) is 0 Å². The van der Waals surface area contributed by atoms with Crippen LogP contribution in [-0.2, 0) is 11.3 Å². The smallest absolute Gasteiger partial charge is 0.121 e. The largest absolute Gasteiger partial charge is 0.508 e. The Morgan fingerprint density at radius 3 is 2.50 bits per heavy atom. The SMILES string of the molecule is CO[C@@H](CNC(C)(C)C)c1ccc(O)c(CO)c1. The monoisotopic (exact) mass is 253 g/mol. The molecule has 1 aromatic carbocycles. The summed E-state index contributed by atoms with van der Waals surface area (Å²) < 4.78 is 5.45. The zero-order chi connectivity index (χ0) is 13.8. The van der Waals surface area contributed by atoms with E-state index in [4.69, 9.17) is 9.84 Å². The van der Waals surface area contributed by atoms with E-state index in [1.807, 2.05) is 6.07 Å². The van der Waals surface area contributed by atoms with Crippen LogP contribution >= 0.6 is 0 Å². The Labute approximate surface area is 109 Å². The van der Waals surface area contributed by atoms with E-state index in [2.05, 4.69) is 26.1 Å². The second-order valence-electron chi connectivity index (χ2n) is 5.40. The molecular weight excluding hydrogens is 230 g/mol. The minimum absolute atomic E-state index is 0.0213. The number of aliphatic hydroxyl groups is 1. The van der Waals surface area contributed by atoms with Crippen molar-refractivity contribution in [1.29, 1.82) is 0 Å². The van der Waals surface area contributed by atoms with Crippen molar-refractivity contribution in [2.75, 3.05) is 13.7 Å². The van der Waals surface area contributed by atoms with Crippen molar-refractivity contribution >= 4 is 0 Å². The third-order valence-electron chi connectivity index (χ3n) is 2.75. The molecule has 4 heteroatoms. The van der Waals surface area contributed by atoms with Crippen molar-refractivity contribution < 1.29 is 14.9 Å². The minimum atomic E-state index is -0.178. The molecule has 0 aliphatic heterocycles. The van der Waals surface area contributed by atoms with Gasteiger partial charge in [-0.1, -0.05) is 6.07 Å². The Morgan fingerprint density at radius 1 is 1.33 bits per heavy atom. The van der Waals surface area contributed by atoms with Gasteiger partial charge in [0.05, 0.1) is 12.7 Å². The number of phenols is 1. The molecule has 102 valence electrons. The number of benzene rings is 1. The predicted molar refractivity (Wildman–Crippen MR) is 71.5 cm³/mol. The van der Waals surface area contributed by atoms with Crippen molar-refractivity contribution in [1.82, 2.24) is 5.32 Å². The normalized spacial score (nSPS) is 13.6. The van der Waals surface area contributed by atoms with E-state index < -0.39 is 0 Å². The molecule has 0 spiro atoms. The summed E-state index contributed by atoms with van der Waals surface area (Å²) in [6, 6.07) is 5.17. The maximum Gasteiger partial charge on any atom is 0.121 e. The van der Waals surface area contributed by atoms with Gasteiger partial charge in [-0.25, -0.2) is 0 Å². The average molecular weight is 253 g/mol. The first-order valence-electron chi connectivity index (χ1n) is 6.08. The molecule has 0 unspecified atom stereocenters. The van der Waals surface area contributed by atoms with Gasteiger partial charge in [-0.3, -0.25) is 0 Å². The lowest BCUT2D eigenvalue weighted by Gasteiger charge is -2.25. The fraction of sp³-hybridized carbons (Fsp3) is 0.571. The molecule has 0 aromatic heterocycles. The van der Waals surface area contributed by atoms with E-state index in [-0.39, 0.29) is 24.0 Å².